The smallest absolute Gasteiger partial charge is 0.0955 e. The van der Waals surface area contributed by atoms with Gasteiger partial charge in [-0.25, -0.2) is 0 Å². The molecule has 2 nitrogen and oxygen atoms in total. The van der Waals surface area contributed by atoms with Crippen molar-refractivity contribution in [3.05, 3.63) is 0 Å². The molecule has 1 heterocycles. The molecule has 0 bridgehead atoms. The van der Waals surface area contributed by atoms with Crippen LogP contribution in [-0.4, -0.2) is 30.8 Å². The second-order valence-corrected chi connectivity index (χ2v) is 5.17. The Bertz CT molecular complexity index is 139. The Labute approximate surface area is 89.1 Å². The minimum atomic E-state index is 0.271. The van der Waals surface area contributed by atoms with Crippen molar-refractivity contribution in [2.75, 3.05) is 19.8 Å². The molecule has 1 saturated heterocycles. The maximum atomic E-state index is 5.69. The highest BCUT2D eigenvalue weighted by molar-refractivity contribution is 9.09. The van der Waals surface area contributed by atoms with Crippen molar-refractivity contribution in [2.24, 2.45) is 5.92 Å². The van der Waals surface area contributed by atoms with Crippen LogP contribution in [0.2, 0.25) is 0 Å². The SMILES string of the molecule is CC(C)CCCOC1COCC1Br. The van der Waals surface area contributed by atoms with Gasteiger partial charge in [0.25, 0.3) is 0 Å². The molecule has 0 aromatic carbocycles. The van der Waals surface area contributed by atoms with Crippen LogP contribution in [0.1, 0.15) is 26.7 Å². The van der Waals surface area contributed by atoms with Crippen molar-refractivity contribution < 1.29 is 9.47 Å². The largest absolute Gasteiger partial charge is 0.377 e. The number of rotatable bonds is 5. The Morgan fingerprint density at radius 2 is 2.23 bits per heavy atom. The molecule has 0 aromatic rings. The minimum Gasteiger partial charge on any atom is -0.377 e. The number of ether oxygens (including phenoxy) is 2. The zero-order valence-corrected chi connectivity index (χ0v) is 10.0. The molecule has 13 heavy (non-hydrogen) atoms. The summed E-state index contributed by atoms with van der Waals surface area (Å²) in [5.74, 6) is 0.781. The van der Waals surface area contributed by atoms with Gasteiger partial charge in [-0.3, -0.25) is 0 Å². The van der Waals surface area contributed by atoms with Crippen LogP contribution in [0.4, 0.5) is 0 Å². The Hall–Kier alpha value is 0.400. The van der Waals surface area contributed by atoms with Gasteiger partial charge in [-0.15, -0.1) is 0 Å². The molecule has 3 heteroatoms. The molecule has 0 amide bonds. The first-order chi connectivity index (χ1) is 6.20. The molecular weight excluding hydrogens is 232 g/mol. The number of alkyl halides is 1. The molecular formula is C10H19BrO2. The third-order valence-electron chi connectivity index (χ3n) is 2.22. The summed E-state index contributed by atoms with van der Waals surface area (Å²) in [6, 6.07) is 0. The van der Waals surface area contributed by atoms with Gasteiger partial charge in [-0.2, -0.15) is 0 Å². The summed E-state index contributed by atoms with van der Waals surface area (Å²) in [5, 5.41) is 0. The van der Waals surface area contributed by atoms with E-state index in [4.69, 9.17) is 9.47 Å². The first kappa shape index (κ1) is 11.5. The van der Waals surface area contributed by atoms with E-state index in [1.165, 1.54) is 6.42 Å². The van der Waals surface area contributed by atoms with Crippen molar-refractivity contribution >= 4 is 15.9 Å². The Morgan fingerprint density at radius 3 is 2.77 bits per heavy atom. The van der Waals surface area contributed by atoms with Crippen LogP contribution in [0.3, 0.4) is 0 Å². The number of hydrogen-bond acceptors (Lipinski definition) is 2. The fraction of sp³-hybridized carbons (Fsp3) is 1.00. The monoisotopic (exact) mass is 250 g/mol. The molecule has 1 rings (SSSR count). The second-order valence-electron chi connectivity index (χ2n) is 4.00. The van der Waals surface area contributed by atoms with Crippen LogP contribution in [0, 0.1) is 5.92 Å². The van der Waals surface area contributed by atoms with E-state index in [0.717, 1.165) is 32.2 Å². The van der Waals surface area contributed by atoms with E-state index < -0.39 is 0 Å². The zero-order chi connectivity index (χ0) is 9.68. The third kappa shape index (κ3) is 4.43. The second kappa shape index (κ2) is 5.99. The molecule has 1 aliphatic heterocycles. The highest BCUT2D eigenvalue weighted by Gasteiger charge is 2.26. The van der Waals surface area contributed by atoms with E-state index in [2.05, 4.69) is 29.8 Å². The lowest BCUT2D eigenvalue weighted by Crippen LogP contribution is -2.22. The van der Waals surface area contributed by atoms with Gasteiger partial charge in [-0.1, -0.05) is 29.8 Å². The van der Waals surface area contributed by atoms with Crippen LogP contribution in [-0.2, 0) is 9.47 Å². The van der Waals surface area contributed by atoms with Gasteiger partial charge < -0.3 is 9.47 Å². The summed E-state index contributed by atoms with van der Waals surface area (Å²) in [5.41, 5.74) is 0. The lowest BCUT2D eigenvalue weighted by atomic mass is 10.1. The van der Waals surface area contributed by atoms with Crippen molar-refractivity contribution in [1.29, 1.82) is 0 Å². The summed E-state index contributed by atoms with van der Waals surface area (Å²) in [7, 11) is 0. The van der Waals surface area contributed by atoms with Gasteiger partial charge in [0.05, 0.1) is 24.1 Å². The Kier molecular flexibility index (Phi) is 5.29. The van der Waals surface area contributed by atoms with E-state index in [1.54, 1.807) is 0 Å². The first-order valence-electron chi connectivity index (χ1n) is 5.03. The Balaban J connectivity index is 1.99. The van der Waals surface area contributed by atoms with Gasteiger partial charge in [0.15, 0.2) is 0 Å². The lowest BCUT2D eigenvalue weighted by Gasteiger charge is -2.13. The van der Waals surface area contributed by atoms with Crippen molar-refractivity contribution in [3.8, 4) is 0 Å². The van der Waals surface area contributed by atoms with Crippen molar-refractivity contribution in [1.82, 2.24) is 0 Å². The average molecular weight is 251 g/mol. The van der Waals surface area contributed by atoms with Gasteiger partial charge in [0.1, 0.15) is 0 Å². The summed E-state index contributed by atoms with van der Waals surface area (Å²) in [6.45, 7) is 6.89. The molecule has 1 aliphatic rings. The van der Waals surface area contributed by atoms with Crippen LogP contribution >= 0.6 is 15.9 Å². The molecule has 0 aliphatic carbocycles. The lowest BCUT2D eigenvalue weighted by molar-refractivity contribution is 0.0417. The Morgan fingerprint density at radius 1 is 1.46 bits per heavy atom. The fourth-order valence-electron chi connectivity index (χ4n) is 1.39. The van der Waals surface area contributed by atoms with E-state index in [0.29, 0.717) is 4.83 Å². The van der Waals surface area contributed by atoms with E-state index in [1.807, 2.05) is 0 Å². The van der Waals surface area contributed by atoms with Crippen molar-refractivity contribution in [3.63, 3.8) is 0 Å². The summed E-state index contributed by atoms with van der Waals surface area (Å²) in [4.78, 5) is 0.395. The topological polar surface area (TPSA) is 18.5 Å². The molecule has 0 spiro atoms. The molecule has 0 radical (unpaired) electrons. The third-order valence-corrected chi connectivity index (χ3v) is 3.07. The van der Waals surface area contributed by atoms with E-state index >= 15 is 0 Å². The van der Waals surface area contributed by atoms with Gasteiger partial charge in [0.2, 0.25) is 0 Å². The predicted molar refractivity (Wildman–Crippen MR) is 57.3 cm³/mol. The van der Waals surface area contributed by atoms with Gasteiger partial charge >= 0.3 is 0 Å². The average Bonchev–Trinajstić information content (AvgIpc) is 2.45. The van der Waals surface area contributed by atoms with Gasteiger partial charge in [0, 0.05) is 6.61 Å². The van der Waals surface area contributed by atoms with Gasteiger partial charge in [-0.05, 0) is 18.8 Å². The number of hydrogen-bond donors (Lipinski definition) is 0. The molecule has 1 fully saturated rings. The number of halogens is 1. The normalized spacial score (nSPS) is 28.6. The quantitative estimate of drug-likeness (QED) is 0.552. The molecule has 2 unspecified atom stereocenters. The fourth-order valence-corrected chi connectivity index (χ4v) is 1.88. The van der Waals surface area contributed by atoms with Crippen LogP contribution in [0.25, 0.3) is 0 Å². The zero-order valence-electron chi connectivity index (χ0n) is 8.46. The maximum Gasteiger partial charge on any atom is 0.0955 e. The highest BCUT2D eigenvalue weighted by atomic mass is 79.9. The van der Waals surface area contributed by atoms with E-state index in [-0.39, 0.29) is 6.10 Å². The molecule has 2 atom stereocenters. The van der Waals surface area contributed by atoms with Crippen LogP contribution < -0.4 is 0 Å². The summed E-state index contributed by atoms with van der Waals surface area (Å²) < 4.78 is 11.0. The predicted octanol–water partition coefficient (Wildman–Crippen LogP) is 2.60. The van der Waals surface area contributed by atoms with Crippen LogP contribution in [0.15, 0.2) is 0 Å². The highest BCUT2D eigenvalue weighted by Crippen LogP contribution is 2.18. The first-order valence-corrected chi connectivity index (χ1v) is 5.95. The summed E-state index contributed by atoms with van der Waals surface area (Å²) >= 11 is 3.54. The molecule has 78 valence electrons. The van der Waals surface area contributed by atoms with Crippen LogP contribution in [0.5, 0.6) is 0 Å². The molecule has 0 aromatic heterocycles. The maximum absolute atomic E-state index is 5.69. The minimum absolute atomic E-state index is 0.271. The van der Waals surface area contributed by atoms with Crippen molar-refractivity contribution in [2.45, 2.75) is 37.6 Å². The molecule has 0 saturated carbocycles. The molecule has 0 N–H and O–H groups in total. The standard InChI is InChI=1S/C10H19BrO2/c1-8(2)4-3-5-13-10-7-12-6-9(10)11/h8-10H,3-7H2,1-2H3. The van der Waals surface area contributed by atoms with E-state index in [9.17, 15) is 0 Å². The summed E-state index contributed by atoms with van der Waals surface area (Å²) in [6.07, 6.45) is 2.68.